The molecule has 1 radical (unpaired) electrons. The molecule has 0 spiro atoms. The Balaban J connectivity index is 1.81. The molecule has 1 fully saturated rings. The molecule has 0 aromatic heterocycles. The molecule has 0 aliphatic heterocycles. The van der Waals surface area contributed by atoms with E-state index in [1.54, 1.807) is 0 Å². The Bertz CT molecular complexity index is 512. The maximum Gasteiger partial charge on any atom is -0.00735 e. The molecule has 0 N–H and O–H groups in total. The van der Waals surface area contributed by atoms with Crippen molar-refractivity contribution in [1.29, 1.82) is 0 Å². The summed E-state index contributed by atoms with van der Waals surface area (Å²) in [6.45, 7) is 4.02. The van der Waals surface area contributed by atoms with Crippen molar-refractivity contribution in [2.24, 2.45) is 11.8 Å². The van der Waals surface area contributed by atoms with E-state index in [9.17, 15) is 0 Å². The van der Waals surface area contributed by atoms with Gasteiger partial charge in [-0.2, -0.15) is 0 Å². The highest BCUT2D eigenvalue weighted by molar-refractivity contribution is 5.42. The van der Waals surface area contributed by atoms with Crippen molar-refractivity contribution in [1.82, 2.24) is 0 Å². The molecule has 1 saturated carbocycles. The van der Waals surface area contributed by atoms with Gasteiger partial charge < -0.3 is 0 Å². The Kier molecular flexibility index (Phi) is 4.20. The van der Waals surface area contributed by atoms with E-state index in [0.717, 1.165) is 17.9 Å². The van der Waals surface area contributed by atoms with Crippen molar-refractivity contribution < 1.29 is 0 Å². The summed E-state index contributed by atoms with van der Waals surface area (Å²) in [7, 11) is 0. The largest absolute Gasteiger partial charge is 0.0911 e. The molecule has 1 aromatic rings. The predicted molar refractivity (Wildman–Crippen MR) is 85.2 cm³/mol. The van der Waals surface area contributed by atoms with Crippen molar-refractivity contribution in [3.05, 3.63) is 71.8 Å². The fourth-order valence-electron chi connectivity index (χ4n) is 3.61. The van der Waals surface area contributed by atoms with Gasteiger partial charge in [0.25, 0.3) is 0 Å². The normalized spacial score (nSPS) is 21.0. The molecule has 103 valence electrons. The molecular formula is C20H23. The van der Waals surface area contributed by atoms with Crippen LogP contribution in [0.1, 0.15) is 37.7 Å². The first-order valence-electron chi connectivity index (χ1n) is 7.88. The number of hydrogen-bond acceptors (Lipinski definition) is 0. The third-order valence-corrected chi connectivity index (χ3v) is 4.69. The molecule has 20 heavy (non-hydrogen) atoms. The van der Waals surface area contributed by atoms with Crippen LogP contribution in [-0.2, 0) is 6.42 Å². The number of benzene rings is 1. The molecule has 3 rings (SSSR count). The van der Waals surface area contributed by atoms with Crippen LogP contribution in [0.3, 0.4) is 0 Å². The minimum atomic E-state index is 0.619. The summed E-state index contributed by atoms with van der Waals surface area (Å²) < 4.78 is 0. The summed E-state index contributed by atoms with van der Waals surface area (Å²) in [6.07, 6.45) is 15.9. The Labute approximate surface area is 122 Å². The monoisotopic (exact) mass is 263 g/mol. The fourth-order valence-corrected chi connectivity index (χ4v) is 3.61. The number of allylic oxidation sites excluding steroid dienone is 5. The van der Waals surface area contributed by atoms with Crippen LogP contribution in [0.2, 0.25) is 0 Å². The molecule has 1 unspecified atom stereocenters. The second-order valence-electron chi connectivity index (χ2n) is 6.13. The summed E-state index contributed by atoms with van der Waals surface area (Å²) in [5.74, 6) is 1.44. The summed E-state index contributed by atoms with van der Waals surface area (Å²) in [6, 6.07) is 10.9. The SMILES string of the molecule is C=C1[C]=C(C(Cc2ccccc2)C2CCCCC2)C=C1. The number of hydrogen-bond donors (Lipinski definition) is 0. The van der Waals surface area contributed by atoms with Crippen molar-refractivity contribution in [2.75, 3.05) is 0 Å². The standard InChI is InChI=1S/C20H23/c1-16-12-13-19(14-16)20(18-10-6-3-7-11-18)15-17-8-4-2-5-9-17/h2,4-5,8-9,12-13,18,20H,1,3,6-7,10-11,15H2. The van der Waals surface area contributed by atoms with E-state index in [2.05, 4.69) is 55.1 Å². The first-order chi connectivity index (χ1) is 9.83. The van der Waals surface area contributed by atoms with Crippen LogP contribution in [0.15, 0.2) is 60.2 Å². The van der Waals surface area contributed by atoms with E-state index >= 15 is 0 Å². The molecule has 0 saturated heterocycles. The summed E-state index contributed by atoms with van der Waals surface area (Å²) in [5, 5.41) is 0. The second-order valence-corrected chi connectivity index (χ2v) is 6.13. The van der Waals surface area contributed by atoms with Gasteiger partial charge >= 0.3 is 0 Å². The molecule has 0 nitrogen and oxygen atoms in total. The molecule has 1 atom stereocenters. The lowest BCUT2D eigenvalue weighted by atomic mass is 9.74. The highest BCUT2D eigenvalue weighted by Gasteiger charge is 2.27. The Morgan fingerprint density at radius 2 is 1.80 bits per heavy atom. The van der Waals surface area contributed by atoms with Crippen LogP contribution in [0.5, 0.6) is 0 Å². The van der Waals surface area contributed by atoms with E-state index in [1.807, 2.05) is 0 Å². The van der Waals surface area contributed by atoms with Gasteiger partial charge in [-0.25, -0.2) is 0 Å². The minimum absolute atomic E-state index is 0.619. The number of rotatable bonds is 4. The Hall–Kier alpha value is -1.56. The maximum atomic E-state index is 4.02. The van der Waals surface area contributed by atoms with Crippen LogP contribution >= 0.6 is 0 Å². The van der Waals surface area contributed by atoms with E-state index in [-0.39, 0.29) is 0 Å². The van der Waals surface area contributed by atoms with Gasteiger partial charge in [-0.1, -0.05) is 68.3 Å². The van der Waals surface area contributed by atoms with Gasteiger partial charge in [0, 0.05) is 0 Å². The summed E-state index contributed by atoms with van der Waals surface area (Å²) in [5.41, 5.74) is 3.86. The van der Waals surface area contributed by atoms with Crippen molar-refractivity contribution in [3.63, 3.8) is 0 Å². The van der Waals surface area contributed by atoms with Crippen LogP contribution in [0, 0.1) is 17.9 Å². The lowest BCUT2D eigenvalue weighted by molar-refractivity contribution is 0.277. The maximum absolute atomic E-state index is 4.02. The highest BCUT2D eigenvalue weighted by atomic mass is 14.3. The van der Waals surface area contributed by atoms with Crippen LogP contribution in [0.25, 0.3) is 0 Å². The zero-order valence-electron chi connectivity index (χ0n) is 12.1. The Morgan fingerprint density at radius 3 is 2.45 bits per heavy atom. The van der Waals surface area contributed by atoms with E-state index in [1.165, 1.54) is 43.2 Å². The van der Waals surface area contributed by atoms with Gasteiger partial charge in [0.2, 0.25) is 0 Å². The Morgan fingerprint density at radius 1 is 1.05 bits per heavy atom. The van der Waals surface area contributed by atoms with Crippen molar-refractivity contribution in [3.8, 4) is 0 Å². The van der Waals surface area contributed by atoms with Gasteiger partial charge in [-0.15, -0.1) is 0 Å². The quantitative estimate of drug-likeness (QED) is 0.693. The average Bonchev–Trinajstić information content (AvgIpc) is 2.93. The van der Waals surface area contributed by atoms with Gasteiger partial charge in [0.1, 0.15) is 0 Å². The minimum Gasteiger partial charge on any atom is -0.0911 e. The van der Waals surface area contributed by atoms with E-state index in [0.29, 0.717) is 5.92 Å². The molecule has 2 aliphatic rings. The molecule has 1 aromatic carbocycles. The molecule has 0 heterocycles. The van der Waals surface area contributed by atoms with E-state index in [4.69, 9.17) is 0 Å². The molecule has 0 amide bonds. The zero-order chi connectivity index (χ0) is 13.8. The van der Waals surface area contributed by atoms with Gasteiger partial charge in [-0.05, 0) is 53.9 Å². The van der Waals surface area contributed by atoms with Gasteiger partial charge in [0.15, 0.2) is 0 Å². The lowest BCUT2D eigenvalue weighted by Crippen LogP contribution is -2.21. The zero-order valence-corrected chi connectivity index (χ0v) is 12.1. The van der Waals surface area contributed by atoms with Crippen LogP contribution in [-0.4, -0.2) is 0 Å². The molecule has 0 bridgehead atoms. The van der Waals surface area contributed by atoms with E-state index < -0.39 is 0 Å². The van der Waals surface area contributed by atoms with Crippen molar-refractivity contribution in [2.45, 2.75) is 38.5 Å². The average molecular weight is 263 g/mol. The van der Waals surface area contributed by atoms with Gasteiger partial charge in [0.05, 0.1) is 0 Å². The van der Waals surface area contributed by atoms with Crippen LogP contribution < -0.4 is 0 Å². The van der Waals surface area contributed by atoms with Crippen LogP contribution in [0.4, 0.5) is 0 Å². The molecular weight excluding hydrogens is 240 g/mol. The van der Waals surface area contributed by atoms with Gasteiger partial charge in [-0.3, -0.25) is 0 Å². The van der Waals surface area contributed by atoms with Crippen molar-refractivity contribution >= 4 is 0 Å². The third kappa shape index (κ3) is 3.12. The predicted octanol–water partition coefficient (Wildman–Crippen LogP) is 5.28. The summed E-state index contributed by atoms with van der Waals surface area (Å²) >= 11 is 0. The lowest BCUT2D eigenvalue weighted by Gasteiger charge is -2.31. The summed E-state index contributed by atoms with van der Waals surface area (Å²) in [4.78, 5) is 0. The second kappa shape index (κ2) is 6.26. The molecule has 2 aliphatic carbocycles. The fraction of sp³-hybridized carbons (Fsp3) is 0.400. The third-order valence-electron chi connectivity index (χ3n) is 4.69. The first kappa shape index (κ1) is 13.4. The molecule has 0 heteroatoms. The first-order valence-corrected chi connectivity index (χ1v) is 7.88. The smallest absolute Gasteiger partial charge is 0.00735 e. The topological polar surface area (TPSA) is 0 Å². The highest BCUT2D eigenvalue weighted by Crippen LogP contribution is 2.38.